The first-order valence-electron chi connectivity index (χ1n) is 6.18. The number of aldehydes is 1. The lowest BCUT2D eigenvalue weighted by molar-refractivity contribution is -0.107. The largest absolute Gasteiger partial charge is 0.388 e. The second-order valence-electron chi connectivity index (χ2n) is 4.25. The van der Waals surface area contributed by atoms with E-state index in [0.29, 0.717) is 19.4 Å². The van der Waals surface area contributed by atoms with Crippen LogP contribution in [0.2, 0.25) is 0 Å². The number of hydrogen-bond acceptors (Lipinski definition) is 3. The molecule has 0 aliphatic heterocycles. The maximum atomic E-state index is 10.2. The third kappa shape index (κ3) is 5.11. The second kappa shape index (κ2) is 7.98. The van der Waals surface area contributed by atoms with Crippen LogP contribution >= 0.6 is 0 Å². The van der Waals surface area contributed by atoms with Gasteiger partial charge in [0, 0.05) is 6.42 Å². The molecule has 0 aliphatic carbocycles. The van der Waals surface area contributed by atoms with Crippen molar-refractivity contribution in [3.63, 3.8) is 0 Å². The Kier molecular flexibility index (Phi) is 6.51. The normalized spacial score (nSPS) is 12.4. The highest BCUT2D eigenvalue weighted by molar-refractivity contribution is 5.48. The van der Waals surface area contributed by atoms with E-state index in [1.165, 1.54) is 5.56 Å². The molecule has 0 amide bonds. The number of unbranched alkanes of at least 4 members (excludes halogenated alkanes) is 2. The van der Waals surface area contributed by atoms with E-state index in [1.807, 2.05) is 18.2 Å². The molecule has 1 unspecified atom stereocenters. The molecule has 1 aromatic rings. The molecule has 1 rings (SSSR count). The molecule has 0 aromatic heterocycles. The summed E-state index contributed by atoms with van der Waals surface area (Å²) in [6, 6.07) is 7.97. The van der Waals surface area contributed by atoms with Crippen LogP contribution < -0.4 is 5.73 Å². The number of hydrogen-bond donors (Lipinski definition) is 2. The number of benzene rings is 1. The van der Waals surface area contributed by atoms with Crippen LogP contribution in [0, 0.1) is 0 Å². The number of aryl methyl sites for hydroxylation is 1. The van der Waals surface area contributed by atoms with E-state index in [2.05, 4.69) is 6.07 Å². The Morgan fingerprint density at radius 2 is 2.18 bits per heavy atom. The lowest BCUT2D eigenvalue weighted by Crippen LogP contribution is -2.06. The standard InChI is InChI=1S/C14H21NO2/c15-9-8-14(17)13-7-4-6-12(11-13)5-2-1-3-10-16/h4,6-7,10-11,14,17H,1-3,5,8-9,15H2. The first-order chi connectivity index (χ1) is 8.27. The molecule has 17 heavy (non-hydrogen) atoms. The smallest absolute Gasteiger partial charge is 0.119 e. The zero-order chi connectivity index (χ0) is 12.5. The number of nitrogens with two attached hydrogens (primary N) is 1. The molecule has 3 N–H and O–H groups in total. The van der Waals surface area contributed by atoms with E-state index in [-0.39, 0.29) is 0 Å². The second-order valence-corrected chi connectivity index (χ2v) is 4.25. The van der Waals surface area contributed by atoms with Crippen LogP contribution in [0.1, 0.15) is 42.9 Å². The topological polar surface area (TPSA) is 63.3 Å². The maximum Gasteiger partial charge on any atom is 0.119 e. The Morgan fingerprint density at radius 1 is 1.35 bits per heavy atom. The van der Waals surface area contributed by atoms with Gasteiger partial charge >= 0.3 is 0 Å². The van der Waals surface area contributed by atoms with Gasteiger partial charge in [0.1, 0.15) is 6.29 Å². The molecule has 1 atom stereocenters. The first kappa shape index (κ1) is 13.9. The lowest BCUT2D eigenvalue weighted by Gasteiger charge is -2.11. The maximum absolute atomic E-state index is 10.2. The Bertz CT molecular complexity index is 339. The zero-order valence-corrected chi connectivity index (χ0v) is 10.1. The van der Waals surface area contributed by atoms with Gasteiger partial charge in [-0.1, -0.05) is 24.3 Å². The Hall–Kier alpha value is -1.19. The summed E-state index contributed by atoms with van der Waals surface area (Å²) in [6.07, 6.45) is 4.62. The summed E-state index contributed by atoms with van der Waals surface area (Å²) in [5.41, 5.74) is 7.57. The van der Waals surface area contributed by atoms with Crippen LogP contribution in [0.4, 0.5) is 0 Å². The molecular weight excluding hydrogens is 214 g/mol. The molecule has 0 fully saturated rings. The van der Waals surface area contributed by atoms with Crippen molar-refractivity contribution in [2.75, 3.05) is 6.54 Å². The summed E-state index contributed by atoms with van der Waals surface area (Å²) in [6.45, 7) is 0.491. The molecule has 1 aromatic carbocycles. The van der Waals surface area contributed by atoms with Gasteiger partial charge in [-0.3, -0.25) is 0 Å². The van der Waals surface area contributed by atoms with E-state index in [0.717, 1.165) is 31.1 Å². The Morgan fingerprint density at radius 3 is 2.88 bits per heavy atom. The van der Waals surface area contributed by atoms with Crippen molar-refractivity contribution in [1.29, 1.82) is 0 Å². The number of carbonyl (C=O) groups is 1. The third-order valence-corrected chi connectivity index (χ3v) is 2.81. The predicted octanol–water partition coefficient (Wildman–Crippen LogP) is 1.98. The highest BCUT2D eigenvalue weighted by Gasteiger charge is 2.06. The lowest BCUT2D eigenvalue weighted by atomic mass is 10.0. The fraction of sp³-hybridized carbons (Fsp3) is 0.500. The molecular formula is C14H21NO2. The summed E-state index contributed by atoms with van der Waals surface area (Å²) in [4.78, 5) is 10.2. The number of carbonyl (C=O) groups excluding carboxylic acids is 1. The SMILES string of the molecule is NCCC(O)c1cccc(CCCCC=O)c1. The average Bonchev–Trinajstić information content (AvgIpc) is 2.35. The van der Waals surface area contributed by atoms with E-state index in [9.17, 15) is 9.90 Å². The van der Waals surface area contributed by atoms with E-state index in [1.54, 1.807) is 0 Å². The van der Waals surface area contributed by atoms with Crippen molar-refractivity contribution in [3.8, 4) is 0 Å². The summed E-state index contributed by atoms with van der Waals surface area (Å²) in [7, 11) is 0. The number of aliphatic hydroxyl groups excluding tert-OH is 1. The van der Waals surface area contributed by atoms with Crippen LogP contribution in [-0.4, -0.2) is 17.9 Å². The minimum absolute atomic E-state index is 0.463. The monoisotopic (exact) mass is 235 g/mol. The number of rotatable bonds is 8. The van der Waals surface area contributed by atoms with Crippen LogP contribution in [0.3, 0.4) is 0 Å². The Balaban J connectivity index is 2.50. The fourth-order valence-corrected chi connectivity index (χ4v) is 1.84. The summed E-state index contributed by atoms with van der Waals surface area (Å²) >= 11 is 0. The van der Waals surface area contributed by atoms with Crippen molar-refractivity contribution < 1.29 is 9.90 Å². The highest BCUT2D eigenvalue weighted by Crippen LogP contribution is 2.18. The predicted molar refractivity (Wildman–Crippen MR) is 68.7 cm³/mol. The van der Waals surface area contributed by atoms with Gasteiger partial charge in [0.05, 0.1) is 6.10 Å². The van der Waals surface area contributed by atoms with Crippen LogP contribution in [0.5, 0.6) is 0 Å². The molecule has 0 aliphatic rings. The molecule has 0 radical (unpaired) electrons. The molecule has 0 spiro atoms. The van der Waals surface area contributed by atoms with Gasteiger partial charge in [-0.25, -0.2) is 0 Å². The first-order valence-corrected chi connectivity index (χ1v) is 6.18. The van der Waals surface area contributed by atoms with Gasteiger partial charge in [-0.05, 0) is 43.4 Å². The molecule has 0 saturated heterocycles. The van der Waals surface area contributed by atoms with Crippen LogP contribution in [-0.2, 0) is 11.2 Å². The van der Waals surface area contributed by atoms with E-state index in [4.69, 9.17) is 5.73 Å². The zero-order valence-electron chi connectivity index (χ0n) is 10.1. The van der Waals surface area contributed by atoms with E-state index >= 15 is 0 Å². The van der Waals surface area contributed by atoms with Gasteiger partial charge in [0.15, 0.2) is 0 Å². The summed E-state index contributed by atoms with van der Waals surface area (Å²) in [5.74, 6) is 0. The van der Waals surface area contributed by atoms with Gasteiger partial charge in [-0.2, -0.15) is 0 Å². The molecule has 94 valence electrons. The summed E-state index contributed by atoms with van der Waals surface area (Å²) in [5, 5.41) is 9.83. The average molecular weight is 235 g/mol. The fourth-order valence-electron chi connectivity index (χ4n) is 1.84. The van der Waals surface area contributed by atoms with Crippen LogP contribution in [0.25, 0.3) is 0 Å². The van der Waals surface area contributed by atoms with Gasteiger partial charge in [0.25, 0.3) is 0 Å². The highest BCUT2D eigenvalue weighted by atomic mass is 16.3. The molecule has 0 heterocycles. The quantitative estimate of drug-likeness (QED) is 0.535. The van der Waals surface area contributed by atoms with Gasteiger partial charge in [-0.15, -0.1) is 0 Å². The molecule has 3 heteroatoms. The molecule has 0 saturated carbocycles. The van der Waals surface area contributed by atoms with Crippen molar-refractivity contribution >= 4 is 6.29 Å². The Labute approximate surface area is 103 Å². The summed E-state index contributed by atoms with van der Waals surface area (Å²) < 4.78 is 0. The van der Waals surface area contributed by atoms with Gasteiger partial charge in [0.2, 0.25) is 0 Å². The van der Waals surface area contributed by atoms with Gasteiger partial charge < -0.3 is 15.6 Å². The van der Waals surface area contributed by atoms with Crippen molar-refractivity contribution in [3.05, 3.63) is 35.4 Å². The van der Waals surface area contributed by atoms with Crippen molar-refractivity contribution in [1.82, 2.24) is 0 Å². The van der Waals surface area contributed by atoms with Crippen LogP contribution in [0.15, 0.2) is 24.3 Å². The minimum atomic E-state index is -0.463. The molecule has 0 bridgehead atoms. The van der Waals surface area contributed by atoms with E-state index < -0.39 is 6.10 Å². The third-order valence-electron chi connectivity index (χ3n) is 2.81. The van der Waals surface area contributed by atoms with Crippen molar-refractivity contribution in [2.45, 2.75) is 38.2 Å². The molecule has 3 nitrogen and oxygen atoms in total. The number of aliphatic hydroxyl groups is 1. The minimum Gasteiger partial charge on any atom is -0.388 e. The van der Waals surface area contributed by atoms with Crippen molar-refractivity contribution in [2.24, 2.45) is 5.73 Å².